The van der Waals surface area contributed by atoms with Crippen molar-refractivity contribution in [2.24, 2.45) is 0 Å². The molecule has 0 spiro atoms. The quantitative estimate of drug-likeness (QED) is 0.909. The Morgan fingerprint density at radius 1 is 1.22 bits per heavy atom. The Morgan fingerprint density at radius 2 is 2.00 bits per heavy atom. The average Bonchev–Trinajstić information content (AvgIpc) is 2.53. The monoisotopic (exact) mass is 312 g/mol. The summed E-state index contributed by atoms with van der Waals surface area (Å²) in [6.07, 6.45) is 0.747. The second-order valence-electron chi connectivity index (χ2n) is 5.02. The van der Waals surface area contributed by atoms with Crippen molar-refractivity contribution in [2.45, 2.75) is 19.4 Å². The first-order chi connectivity index (χ1) is 8.58. The lowest BCUT2D eigenvalue weighted by atomic mass is 10.1. The predicted octanol–water partition coefficient (Wildman–Crippen LogP) is 2.64. The lowest BCUT2D eigenvalue weighted by molar-refractivity contribution is 0.199. The molecule has 0 bridgehead atoms. The Kier molecular flexibility index (Phi) is 4.65. The van der Waals surface area contributed by atoms with E-state index in [9.17, 15) is 5.11 Å². The van der Waals surface area contributed by atoms with Crippen molar-refractivity contribution in [3.63, 3.8) is 0 Å². The highest BCUT2D eigenvalue weighted by atomic mass is 79.9. The van der Waals surface area contributed by atoms with Crippen molar-refractivity contribution in [2.75, 3.05) is 38.1 Å². The van der Waals surface area contributed by atoms with Crippen molar-refractivity contribution < 1.29 is 5.11 Å². The van der Waals surface area contributed by atoms with Gasteiger partial charge in [0.25, 0.3) is 0 Å². The molecule has 1 N–H and O–H groups in total. The molecule has 1 fully saturated rings. The van der Waals surface area contributed by atoms with Gasteiger partial charge >= 0.3 is 0 Å². The minimum Gasteiger partial charge on any atom is -0.389 e. The normalized spacial score (nSPS) is 19.7. The summed E-state index contributed by atoms with van der Waals surface area (Å²) in [5, 5.41) is 9.90. The summed E-state index contributed by atoms with van der Waals surface area (Å²) in [6.45, 7) is 6.13. The number of halogens is 1. The number of aliphatic hydroxyl groups is 1. The summed E-state index contributed by atoms with van der Waals surface area (Å²) >= 11 is 3.52. The molecule has 0 saturated carbocycles. The van der Waals surface area contributed by atoms with Gasteiger partial charge in [-0.25, -0.2) is 0 Å². The summed E-state index contributed by atoms with van der Waals surface area (Å²) in [5.41, 5.74) is 2.18. The van der Waals surface area contributed by atoms with E-state index in [0.717, 1.165) is 41.9 Å². The number of hydrogen-bond donors (Lipinski definition) is 1. The van der Waals surface area contributed by atoms with E-state index in [1.54, 1.807) is 0 Å². The van der Waals surface area contributed by atoms with E-state index in [1.807, 2.05) is 19.1 Å². The Hall–Kier alpha value is -0.580. The second kappa shape index (κ2) is 6.04. The summed E-state index contributed by atoms with van der Waals surface area (Å²) < 4.78 is 1.07. The third-order valence-corrected chi connectivity index (χ3v) is 4.00. The van der Waals surface area contributed by atoms with Crippen LogP contribution in [0.15, 0.2) is 22.7 Å². The van der Waals surface area contributed by atoms with E-state index in [0.29, 0.717) is 0 Å². The molecule has 0 amide bonds. The van der Waals surface area contributed by atoms with E-state index in [2.05, 4.69) is 38.8 Å². The van der Waals surface area contributed by atoms with Crippen molar-refractivity contribution >= 4 is 21.6 Å². The maximum absolute atomic E-state index is 9.90. The number of benzene rings is 1. The molecule has 0 aromatic heterocycles. The van der Waals surface area contributed by atoms with Gasteiger partial charge in [0.05, 0.1) is 6.10 Å². The van der Waals surface area contributed by atoms with Crippen LogP contribution in [-0.2, 0) is 0 Å². The van der Waals surface area contributed by atoms with Gasteiger partial charge in [0.1, 0.15) is 0 Å². The van der Waals surface area contributed by atoms with Crippen LogP contribution in [0.1, 0.15) is 25.0 Å². The molecule has 1 heterocycles. The zero-order valence-corrected chi connectivity index (χ0v) is 12.7. The van der Waals surface area contributed by atoms with Crippen molar-refractivity contribution in [3.8, 4) is 0 Å². The van der Waals surface area contributed by atoms with Gasteiger partial charge < -0.3 is 14.9 Å². The molecule has 3 nitrogen and oxygen atoms in total. The Labute approximate surface area is 118 Å². The largest absolute Gasteiger partial charge is 0.389 e. The number of nitrogens with zero attached hydrogens (tertiary/aromatic N) is 2. The van der Waals surface area contributed by atoms with Gasteiger partial charge in [-0.3, -0.25) is 0 Å². The molecular formula is C14H21BrN2O. The summed E-state index contributed by atoms with van der Waals surface area (Å²) in [4.78, 5) is 4.75. The van der Waals surface area contributed by atoms with Gasteiger partial charge in [-0.2, -0.15) is 0 Å². The zero-order chi connectivity index (χ0) is 13.1. The standard InChI is InChI=1S/C14H21BrN2O/c1-11(18)13-5-4-12(15)10-14(13)17-7-3-6-16(2)8-9-17/h4-5,10-11,18H,3,6-9H2,1-2H3. The van der Waals surface area contributed by atoms with Crippen molar-refractivity contribution in [3.05, 3.63) is 28.2 Å². The fourth-order valence-electron chi connectivity index (χ4n) is 2.43. The predicted molar refractivity (Wildman–Crippen MR) is 79.1 cm³/mol. The molecule has 1 aliphatic rings. The molecule has 100 valence electrons. The zero-order valence-electron chi connectivity index (χ0n) is 11.1. The van der Waals surface area contributed by atoms with Crippen LogP contribution < -0.4 is 4.90 Å². The maximum Gasteiger partial charge on any atom is 0.0782 e. The van der Waals surface area contributed by atoms with E-state index >= 15 is 0 Å². The molecular weight excluding hydrogens is 292 g/mol. The van der Waals surface area contributed by atoms with Crippen molar-refractivity contribution in [1.29, 1.82) is 0 Å². The minimum absolute atomic E-state index is 0.422. The third-order valence-electron chi connectivity index (χ3n) is 3.50. The summed E-state index contributed by atoms with van der Waals surface area (Å²) in [5.74, 6) is 0. The Bertz CT molecular complexity index is 409. The smallest absolute Gasteiger partial charge is 0.0782 e. The van der Waals surface area contributed by atoms with Crippen LogP contribution in [0.5, 0.6) is 0 Å². The lowest BCUT2D eigenvalue weighted by Crippen LogP contribution is -2.29. The van der Waals surface area contributed by atoms with Crippen molar-refractivity contribution in [1.82, 2.24) is 4.90 Å². The number of rotatable bonds is 2. The first-order valence-corrected chi connectivity index (χ1v) is 7.28. The highest BCUT2D eigenvalue weighted by Gasteiger charge is 2.17. The molecule has 0 radical (unpaired) electrons. The minimum atomic E-state index is -0.422. The van der Waals surface area contributed by atoms with Crippen LogP contribution in [0.3, 0.4) is 0 Å². The fraction of sp³-hybridized carbons (Fsp3) is 0.571. The van der Waals surface area contributed by atoms with Gasteiger partial charge in [0.2, 0.25) is 0 Å². The topological polar surface area (TPSA) is 26.7 Å². The first kappa shape index (κ1) is 13.8. The SMILES string of the molecule is CC(O)c1ccc(Br)cc1N1CCCN(C)CC1. The highest BCUT2D eigenvalue weighted by molar-refractivity contribution is 9.10. The maximum atomic E-state index is 9.90. The summed E-state index contributed by atoms with van der Waals surface area (Å²) in [6, 6.07) is 6.13. The Balaban J connectivity index is 2.27. The molecule has 2 rings (SSSR count). The molecule has 0 aliphatic carbocycles. The molecule has 1 unspecified atom stereocenters. The van der Waals surface area contributed by atoms with Crippen LogP contribution in [0.25, 0.3) is 0 Å². The molecule has 1 atom stereocenters. The second-order valence-corrected chi connectivity index (χ2v) is 5.94. The van der Waals surface area contributed by atoms with Crippen LogP contribution >= 0.6 is 15.9 Å². The molecule has 4 heteroatoms. The van der Waals surface area contributed by atoms with Crippen LogP contribution in [0.2, 0.25) is 0 Å². The molecule has 18 heavy (non-hydrogen) atoms. The average molecular weight is 313 g/mol. The lowest BCUT2D eigenvalue weighted by Gasteiger charge is -2.26. The molecule has 1 aromatic carbocycles. The number of anilines is 1. The number of aliphatic hydroxyl groups excluding tert-OH is 1. The van der Waals surface area contributed by atoms with Gasteiger partial charge in [0.15, 0.2) is 0 Å². The molecule has 1 saturated heterocycles. The third kappa shape index (κ3) is 3.25. The summed E-state index contributed by atoms with van der Waals surface area (Å²) in [7, 11) is 2.17. The van der Waals surface area contributed by atoms with E-state index in [1.165, 1.54) is 6.42 Å². The highest BCUT2D eigenvalue weighted by Crippen LogP contribution is 2.30. The van der Waals surface area contributed by atoms with E-state index in [4.69, 9.17) is 0 Å². The van der Waals surface area contributed by atoms with Crippen LogP contribution in [0, 0.1) is 0 Å². The van der Waals surface area contributed by atoms with Crippen LogP contribution in [0.4, 0.5) is 5.69 Å². The number of likely N-dealkylation sites (N-methyl/N-ethyl adjacent to an activating group) is 1. The van der Waals surface area contributed by atoms with Gasteiger partial charge in [0, 0.05) is 35.4 Å². The van der Waals surface area contributed by atoms with E-state index < -0.39 is 6.10 Å². The van der Waals surface area contributed by atoms with Gasteiger partial charge in [-0.1, -0.05) is 22.0 Å². The Morgan fingerprint density at radius 3 is 2.72 bits per heavy atom. The van der Waals surface area contributed by atoms with Gasteiger partial charge in [-0.05, 0) is 39.1 Å². The number of hydrogen-bond acceptors (Lipinski definition) is 3. The molecule has 1 aromatic rings. The van der Waals surface area contributed by atoms with E-state index in [-0.39, 0.29) is 0 Å². The van der Waals surface area contributed by atoms with Gasteiger partial charge in [-0.15, -0.1) is 0 Å². The molecule has 1 aliphatic heterocycles. The first-order valence-electron chi connectivity index (χ1n) is 6.49. The fourth-order valence-corrected chi connectivity index (χ4v) is 2.78. The van der Waals surface area contributed by atoms with Crippen LogP contribution in [-0.4, -0.2) is 43.2 Å².